The van der Waals surface area contributed by atoms with E-state index in [2.05, 4.69) is 0 Å². The zero-order valence-corrected chi connectivity index (χ0v) is 28.5. The number of carbonyl (C=O) groups is 2. The Morgan fingerprint density at radius 2 is 1.68 bits per heavy atom. The summed E-state index contributed by atoms with van der Waals surface area (Å²) in [6, 6.07) is 12.3. The van der Waals surface area contributed by atoms with E-state index >= 15 is 0 Å². The minimum atomic E-state index is -4.09. The molecule has 0 radical (unpaired) electrons. The lowest BCUT2D eigenvalue weighted by Crippen LogP contribution is -3.00. The molecule has 0 spiro atoms. The summed E-state index contributed by atoms with van der Waals surface area (Å²) >= 11 is 0. The third-order valence-electron chi connectivity index (χ3n) is 11.8. The second-order valence-electron chi connectivity index (χ2n) is 14.1. The number of sulfonamides is 1. The molecule has 11 nitrogen and oxygen atoms in total. The fourth-order valence-electron chi connectivity index (χ4n) is 9.02. The topological polar surface area (TPSA) is 144 Å². The van der Waals surface area contributed by atoms with Crippen LogP contribution in [0.15, 0.2) is 58.6 Å². The quantitative estimate of drug-likeness (QED) is 0.204. The summed E-state index contributed by atoms with van der Waals surface area (Å²) in [7, 11) is -4.09. The number of aliphatic hydroxyl groups excluding tert-OH is 1. The monoisotopic (exact) mass is 685 g/mol. The molecule has 0 aromatic heterocycles. The number of carboxylic acid groups (broad SMARTS) is 1. The van der Waals surface area contributed by atoms with Gasteiger partial charge in [0.1, 0.15) is 39.3 Å². The Labute approximate surface area is 282 Å². The van der Waals surface area contributed by atoms with Gasteiger partial charge < -0.3 is 47.0 Å². The molecule has 8 rings (SSSR count). The van der Waals surface area contributed by atoms with Gasteiger partial charge in [-0.05, 0) is 36.7 Å². The Kier molecular flexibility index (Phi) is 8.76. The summed E-state index contributed by atoms with van der Waals surface area (Å²) in [6.07, 6.45) is 0.860. The van der Waals surface area contributed by atoms with Gasteiger partial charge in [-0.25, -0.2) is 8.42 Å². The van der Waals surface area contributed by atoms with Crippen molar-refractivity contribution in [1.82, 2.24) is 4.90 Å². The number of aliphatic hydroxyl groups is 1. The maximum absolute atomic E-state index is 14.5. The SMILES string of the molecule is C[C@@H](O)[C@H]1C(=O)N2C(C(=O)[O-])=C(CN3c4ccccc4-c4c(CC[N+]56CC[N+](CCCN)(CC5)CC6)cccc4S3(=O)=O)[C@H](C)[C@H]12.[Cl-]. The highest BCUT2D eigenvalue weighted by molar-refractivity contribution is 7.93. The molecule has 47 heavy (non-hydrogen) atoms. The molecule has 0 unspecified atom stereocenters. The lowest BCUT2D eigenvalue weighted by atomic mass is 9.77. The summed E-state index contributed by atoms with van der Waals surface area (Å²) < 4.78 is 32.5. The van der Waals surface area contributed by atoms with E-state index in [0.717, 1.165) is 73.3 Å². The van der Waals surface area contributed by atoms with Crippen LogP contribution in [-0.4, -0.2) is 117 Å². The van der Waals surface area contributed by atoms with Crippen molar-refractivity contribution in [1.29, 1.82) is 0 Å². The number of fused-ring (bicyclic) bond motifs is 7. The Morgan fingerprint density at radius 3 is 2.30 bits per heavy atom. The van der Waals surface area contributed by atoms with Crippen LogP contribution in [-0.2, 0) is 26.0 Å². The first-order valence-corrected chi connectivity index (χ1v) is 18.0. The number of nitrogens with zero attached hydrogens (tertiary/aromatic N) is 4. The minimum absolute atomic E-state index is 0. The number of anilines is 1. The number of halogens is 1. The van der Waals surface area contributed by atoms with Gasteiger partial charge in [0.05, 0.1) is 59.9 Å². The Balaban J connectivity index is 0.00000386. The average Bonchev–Trinajstić information content (AvgIpc) is 3.29. The molecule has 4 fully saturated rings. The highest BCUT2D eigenvalue weighted by atomic mass is 35.5. The lowest BCUT2D eigenvalue weighted by molar-refractivity contribution is -1.08. The second kappa shape index (κ2) is 12.2. The van der Waals surface area contributed by atoms with Crippen LogP contribution < -0.4 is 27.6 Å². The molecule has 4 saturated heterocycles. The van der Waals surface area contributed by atoms with E-state index in [1.165, 1.54) is 40.2 Å². The third-order valence-corrected chi connectivity index (χ3v) is 13.6. The highest BCUT2D eigenvalue weighted by Crippen LogP contribution is 2.50. The van der Waals surface area contributed by atoms with Gasteiger partial charge in [0.25, 0.3) is 10.0 Å². The molecule has 13 heteroatoms. The Hall–Kier alpha value is -3.00. The number of carboxylic acids is 1. The zero-order chi connectivity index (χ0) is 32.6. The van der Waals surface area contributed by atoms with E-state index in [-0.39, 0.29) is 29.5 Å². The van der Waals surface area contributed by atoms with Gasteiger partial charge in [0, 0.05) is 29.9 Å². The number of para-hydroxylation sites is 1. The maximum Gasteiger partial charge on any atom is 0.265 e. The molecule has 1 amide bonds. The molecule has 6 aliphatic rings. The number of nitrogens with two attached hydrogens (primary N) is 1. The molecular formula is C34H44ClN5O6S. The van der Waals surface area contributed by atoms with Crippen molar-refractivity contribution < 1.29 is 49.6 Å². The van der Waals surface area contributed by atoms with Crippen LogP contribution in [0.2, 0.25) is 0 Å². The number of rotatable bonds is 10. The smallest absolute Gasteiger partial charge is 0.265 e. The predicted octanol–water partition coefficient (Wildman–Crippen LogP) is -2.72. The number of quaternary nitrogens is 2. The van der Waals surface area contributed by atoms with Gasteiger partial charge >= 0.3 is 0 Å². The van der Waals surface area contributed by atoms with E-state index in [1.54, 1.807) is 31.2 Å². The minimum Gasteiger partial charge on any atom is -1.00 e. The summed E-state index contributed by atoms with van der Waals surface area (Å²) in [5.74, 6) is -3.23. The highest BCUT2D eigenvalue weighted by Gasteiger charge is 2.59. The summed E-state index contributed by atoms with van der Waals surface area (Å²) in [6.45, 7) is 12.8. The number of aliphatic carboxylic acids is 1. The number of piperazine rings is 3. The standard InChI is InChI=1S/C34H44N5O6S.ClH/c1-22-26(32(34(42)43)37-31(22)29(23(2)40)33(37)41)21-36-27-9-4-3-8-25(27)30-24(7-5-10-28(30)46(36,44)45)11-14-39-18-15-38(16-19-39,17-20-39)13-6-12-35;/h3-5,7-10,22-23,29,31,40H,6,11-21,35H2,1-2H3;1H/q+1;/p-1/t22-,23+,29+,31+,38?,39?;/m0./s1. The Bertz CT molecular complexity index is 1720. The normalized spacial score (nSPS) is 30.6. The summed E-state index contributed by atoms with van der Waals surface area (Å²) in [5.41, 5.74) is 8.84. The van der Waals surface area contributed by atoms with E-state index in [9.17, 15) is 28.2 Å². The lowest BCUT2D eigenvalue weighted by Gasteiger charge is -2.55. The number of β-lactam (4-membered cyclic amide) rings is 1. The molecule has 2 aromatic carbocycles. The first kappa shape index (κ1) is 33.9. The van der Waals surface area contributed by atoms with Crippen molar-refractivity contribution in [2.24, 2.45) is 17.6 Å². The van der Waals surface area contributed by atoms with Crippen LogP contribution in [0.3, 0.4) is 0 Å². The van der Waals surface area contributed by atoms with Crippen LogP contribution in [0.4, 0.5) is 5.69 Å². The number of carbonyl (C=O) groups excluding carboxylic acids is 2. The van der Waals surface area contributed by atoms with Crippen LogP contribution in [0.5, 0.6) is 0 Å². The molecule has 254 valence electrons. The van der Waals surface area contributed by atoms with Gasteiger partial charge in [-0.3, -0.25) is 9.10 Å². The fourth-order valence-corrected chi connectivity index (χ4v) is 10.7. The van der Waals surface area contributed by atoms with Crippen LogP contribution in [0.25, 0.3) is 11.1 Å². The van der Waals surface area contributed by atoms with Crippen molar-refractivity contribution >= 4 is 27.6 Å². The number of hydrogen-bond donors (Lipinski definition) is 2. The summed E-state index contributed by atoms with van der Waals surface area (Å²) in [5, 5.41) is 22.6. The van der Waals surface area contributed by atoms with Crippen LogP contribution >= 0.6 is 0 Å². The predicted molar refractivity (Wildman–Crippen MR) is 170 cm³/mol. The van der Waals surface area contributed by atoms with E-state index in [0.29, 0.717) is 11.3 Å². The molecule has 6 heterocycles. The third kappa shape index (κ3) is 5.19. The molecule has 2 aromatic rings. The van der Waals surface area contributed by atoms with Gasteiger partial charge in [-0.1, -0.05) is 37.3 Å². The first-order chi connectivity index (χ1) is 21.9. The number of amides is 1. The van der Waals surface area contributed by atoms with Gasteiger partial charge in [-0.15, -0.1) is 0 Å². The number of benzene rings is 2. The molecule has 0 aliphatic carbocycles. The molecule has 2 bridgehead atoms. The second-order valence-corrected chi connectivity index (χ2v) is 15.9. The van der Waals surface area contributed by atoms with E-state index < -0.39 is 45.9 Å². The summed E-state index contributed by atoms with van der Waals surface area (Å²) in [4.78, 5) is 26.7. The van der Waals surface area contributed by atoms with Crippen molar-refractivity contribution in [2.45, 2.75) is 43.7 Å². The van der Waals surface area contributed by atoms with E-state index in [4.69, 9.17) is 5.73 Å². The van der Waals surface area contributed by atoms with Crippen LogP contribution in [0, 0.1) is 11.8 Å². The van der Waals surface area contributed by atoms with Crippen molar-refractivity contribution in [3.05, 3.63) is 59.3 Å². The van der Waals surface area contributed by atoms with Gasteiger partial charge in [0.2, 0.25) is 5.91 Å². The van der Waals surface area contributed by atoms with E-state index in [1.807, 2.05) is 18.2 Å². The van der Waals surface area contributed by atoms with Crippen molar-refractivity contribution in [3.8, 4) is 11.1 Å². The van der Waals surface area contributed by atoms with Crippen molar-refractivity contribution in [2.75, 3.05) is 69.8 Å². The maximum atomic E-state index is 14.5. The first-order valence-electron chi connectivity index (χ1n) is 16.5. The number of hydrogen-bond acceptors (Lipinski definition) is 7. The molecule has 3 N–H and O–H groups in total. The molecule has 0 saturated carbocycles. The van der Waals surface area contributed by atoms with Crippen LogP contribution in [0.1, 0.15) is 25.8 Å². The van der Waals surface area contributed by atoms with Crippen molar-refractivity contribution in [3.63, 3.8) is 0 Å². The molecule has 4 atom stereocenters. The zero-order valence-electron chi connectivity index (χ0n) is 27.0. The average molecular weight is 686 g/mol. The molecule has 6 aliphatic heterocycles. The fraction of sp³-hybridized carbons (Fsp3) is 0.529. The molecular weight excluding hydrogens is 642 g/mol. The van der Waals surface area contributed by atoms with Gasteiger partial charge in [-0.2, -0.15) is 0 Å². The Morgan fingerprint density at radius 1 is 1.04 bits per heavy atom. The largest absolute Gasteiger partial charge is 1.00 e. The van der Waals surface area contributed by atoms with Gasteiger partial charge in [0.15, 0.2) is 0 Å².